The number of carbonyl (C=O) groups is 3. The van der Waals surface area contributed by atoms with Gasteiger partial charge in [0, 0.05) is 0 Å². The molecule has 2 aliphatic heterocycles. The summed E-state index contributed by atoms with van der Waals surface area (Å²) in [5.74, 6) is -0.992. The Bertz CT molecular complexity index is 1520. The molecule has 0 spiro atoms. The van der Waals surface area contributed by atoms with Crippen LogP contribution in [-0.4, -0.2) is 30.5 Å². The second-order valence-electron chi connectivity index (χ2n) is 9.42. The first-order chi connectivity index (χ1) is 19.5. The number of para-hydroxylation sites is 1. The summed E-state index contributed by atoms with van der Waals surface area (Å²) in [7, 11) is 0. The third-order valence-corrected chi connectivity index (χ3v) is 6.97. The lowest BCUT2D eigenvalue weighted by Crippen LogP contribution is -2.37. The minimum absolute atomic E-state index is 0.345. The van der Waals surface area contributed by atoms with Gasteiger partial charge in [0.2, 0.25) is 5.91 Å². The van der Waals surface area contributed by atoms with Gasteiger partial charge < -0.3 is 9.47 Å². The van der Waals surface area contributed by atoms with E-state index < -0.39 is 29.9 Å². The van der Waals surface area contributed by atoms with Gasteiger partial charge in [0.15, 0.2) is 6.10 Å². The molecule has 0 aliphatic carbocycles. The molecule has 8 heteroatoms. The average Bonchev–Trinajstić information content (AvgIpc) is 3.50. The minimum Gasteiger partial charge on any atom is -0.494 e. The molecular formula is C32H26N2O6. The number of carbonyl (C=O) groups excluding carboxylic acids is 3. The van der Waals surface area contributed by atoms with Crippen molar-refractivity contribution in [2.45, 2.75) is 19.1 Å². The number of anilines is 2. The number of esters is 1. The molecule has 0 N–H and O–H groups in total. The highest BCUT2D eigenvalue weighted by Crippen LogP contribution is 2.47. The number of amides is 2. The van der Waals surface area contributed by atoms with Crippen LogP contribution in [-0.2, 0) is 14.4 Å². The Balaban J connectivity index is 1.30. The number of hydrogen-bond acceptors (Lipinski definition) is 7. The normalized spacial score (nSPS) is 20.0. The lowest BCUT2D eigenvalue weighted by Gasteiger charge is -2.28. The van der Waals surface area contributed by atoms with Crippen molar-refractivity contribution in [1.29, 1.82) is 0 Å². The fourth-order valence-electron chi connectivity index (χ4n) is 5.14. The smallest absolute Gasteiger partial charge is 0.343 e. The van der Waals surface area contributed by atoms with E-state index in [0.29, 0.717) is 29.4 Å². The Morgan fingerprint density at radius 1 is 0.750 bits per heavy atom. The van der Waals surface area contributed by atoms with Crippen LogP contribution in [0.5, 0.6) is 11.5 Å². The van der Waals surface area contributed by atoms with Gasteiger partial charge >= 0.3 is 5.97 Å². The highest BCUT2D eigenvalue weighted by atomic mass is 16.7. The van der Waals surface area contributed by atoms with E-state index in [1.165, 1.54) is 4.90 Å². The molecule has 0 radical (unpaired) electrons. The van der Waals surface area contributed by atoms with Crippen LogP contribution in [0.2, 0.25) is 0 Å². The molecule has 40 heavy (non-hydrogen) atoms. The summed E-state index contributed by atoms with van der Waals surface area (Å²) in [6.07, 6.45) is -0.986. The van der Waals surface area contributed by atoms with Crippen molar-refractivity contribution in [3.63, 3.8) is 0 Å². The SMILES string of the molecule is CCOc1ccc(N2C(=O)[C@@H]3[C@H](ON(c4ccccc4)[C@@H]3c3ccc(OC(=O)c4ccccc4)cc3)C2=O)cc1. The maximum atomic E-state index is 13.8. The first-order valence-electron chi connectivity index (χ1n) is 13.0. The van der Waals surface area contributed by atoms with E-state index in [4.69, 9.17) is 14.3 Å². The van der Waals surface area contributed by atoms with Crippen molar-refractivity contribution in [3.8, 4) is 11.5 Å². The largest absolute Gasteiger partial charge is 0.494 e. The Morgan fingerprint density at radius 3 is 2.02 bits per heavy atom. The number of hydrogen-bond donors (Lipinski definition) is 0. The lowest BCUT2D eigenvalue weighted by atomic mass is 9.90. The zero-order valence-corrected chi connectivity index (χ0v) is 21.7. The van der Waals surface area contributed by atoms with Gasteiger partial charge in [0.1, 0.15) is 17.4 Å². The summed E-state index contributed by atoms with van der Waals surface area (Å²) < 4.78 is 11.0. The molecule has 200 valence electrons. The summed E-state index contributed by atoms with van der Waals surface area (Å²) in [5, 5.41) is 1.63. The van der Waals surface area contributed by atoms with E-state index in [9.17, 15) is 14.4 Å². The third kappa shape index (κ3) is 4.58. The third-order valence-electron chi connectivity index (χ3n) is 6.97. The van der Waals surface area contributed by atoms with Crippen LogP contribution in [0.15, 0.2) is 109 Å². The number of imide groups is 1. The van der Waals surface area contributed by atoms with Gasteiger partial charge in [0.25, 0.3) is 5.91 Å². The van der Waals surface area contributed by atoms with E-state index in [0.717, 1.165) is 11.3 Å². The molecule has 2 heterocycles. The first kappa shape index (κ1) is 25.3. The molecule has 0 unspecified atom stereocenters. The molecule has 0 bridgehead atoms. The van der Waals surface area contributed by atoms with Crippen LogP contribution < -0.4 is 19.4 Å². The number of benzene rings is 4. The number of ether oxygens (including phenoxy) is 2. The molecular weight excluding hydrogens is 508 g/mol. The maximum absolute atomic E-state index is 13.8. The van der Waals surface area contributed by atoms with Crippen LogP contribution >= 0.6 is 0 Å². The van der Waals surface area contributed by atoms with Gasteiger partial charge in [-0.25, -0.2) is 14.8 Å². The molecule has 2 aliphatic rings. The fourth-order valence-corrected chi connectivity index (χ4v) is 5.14. The molecule has 4 aromatic rings. The fraction of sp³-hybridized carbons (Fsp3) is 0.156. The highest BCUT2D eigenvalue weighted by molar-refractivity contribution is 6.24. The standard InChI is InChI=1S/C32H26N2O6/c1-2-38-25-19-15-23(16-20-25)33-30(35)27-28(34(40-29(27)31(33)36)24-11-7-4-8-12-24)21-13-17-26(18-14-21)39-32(37)22-9-5-3-6-10-22/h3-20,27-29H,2H2,1H3/t27-,28+,29-/m0/s1. The monoisotopic (exact) mass is 534 g/mol. The van der Waals surface area contributed by atoms with Gasteiger partial charge in [-0.1, -0.05) is 48.5 Å². The van der Waals surface area contributed by atoms with Crippen LogP contribution in [0.1, 0.15) is 28.9 Å². The van der Waals surface area contributed by atoms with Crippen molar-refractivity contribution in [3.05, 3.63) is 120 Å². The van der Waals surface area contributed by atoms with Crippen molar-refractivity contribution in [2.75, 3.05) is 16.6 Å². The van der Waals surface area contributed by atoms with Crippen LogP contribution in [0.3, 0.4) is 0 Å². The summed E-state index contributed by atoms with van der Waals surface area (Å²) in [5.41, 5.74) is 2.36. The zero-order chi connectivity index (χ0) is 27.6. The molecule has 4 aromatic carbocycles. The van der Waals surface area contributed by atoms with Crippen molar-refractivity contribution in [2.24, 2.45) is 5.92 Å². The zero-order valence-electron chi connectivity index (χ0n) is 21.7. The molecule has 2 saturated heterocycles. The molecule has 8 nitrogen and oxygen atoms in total. The Morgan fingerprint density at radius 2 is 1.38 bits per heavy atom. The summed E-state index contributed by atoms with van der Waals surface area (Å²) in [6, 6.07) is 31.3. The number of fused-ring (bicyclic) bond motifs is 1. The van der Waals surface area contributed by atoms with Gasteiger partial charge in [-0.15, -0.1) is 0 Å². The van der Waals surface area contributed by atoms with Crippen molar-refractivity contribution >= 4 is 29.2 Å². The minimum atomic E-state index is -0.986. The van der Waals surface area contributed by atoms with Crippen molar-refractivity contribution in [1.82, 2.24) is 0 Å². The van der Waals surface area contributed by atoms with Crippen LogP contribution in [0.25, 0.3) is 0 Å². The van der Waals surface area contributed by atoms with E-state index in [-0.39, 0.29) is 5.91 Å². The Hall–Kier alpha value is -4.95. The van der Waals surface area contributed by atoms with Crippen molar-refractivity contribution < 1.29 is 28.7 Å². The predicted molar refractivity (Wildman–Crippen MR) is 148 cm³/mol. The quantitative estimate of drug-likeness (QED) is 0.179. The molecule has 6 rings (SSSR count). The van der Waals surface area contributed by atoms with E-state index >= 15 is 0 Å². The first-order valence-corrected chi connectivity index (χ1v) is 13.0. The Labute approximate surface area is 231 Å². The van der Waals surface area contributed by atoms with E-state index in [1.54, 1.807) is 77.9 Å². The highest BCUT2D eigenvalue weighted by Gasteiger charge is 2.60. The second-order valence-corrected chi connectivity index (χ2v) is 9.42. The number of rotatable bonds is 7. The Kier molecular flexibility index (Phi) is 6.76. The van der Waals surface area contributed by atoms with Crippen LogP contribution in [0.4, 0.5) is 11.4 Å². The van der Waals surface area contributed by atoms with E-state index in [2.05, 4.69) is 0 Å². The topological polar surface area (TPSA) is 85.4 Å². The molecule has 3 atom stereocenters. The van der Waals surface area contributed by atoms with Crippen LogP contribution in [0, 0.1) is 5.92 Å². The average molecular weight is 535 g/mol. The molecule has 2 fully saturated rings. The van der Waals surface area contributed by atoms with Gasteiger partial charge in [-0.2, -0.15) is 0 Å². The number of hydroxylamine groups is 1. The number of nitrogens with zero attached hydrogens (tertiary/aromatic N) is 2. The second kappa shape index (κ2) is 10.7. The lowest BCUT2D eigenvalue weighted by molar-refractivity contribution is -0.126. The molecule has 0 aromatic heterocycles. The maximum Gasteiger partial charge on any atom is 0.343 e. The van der Waals surface area contributed by atoms with Gasteiger partial charge in [-0.05, 0) is 73.2 Å². The molecule has 2 amide bonds. The molecule has 0 saturated carbocycles. The van der Waals surface area contributed by atoms with Gasteiger partial charge in [-0.3, -0.25) is 14.4 Å². The summed E-state index contributed by atoms with van der Waals surface area (Å²) in [6.45, 7) is 2.40. The summed E-state index contributed by atoms with van der Waals surface area (Å²) >= 11 is 0. The van der Waals surface area contributed by atoms with E-state index in [1.807, 2.05) is 43.3 Å². The summed E-state index contributed by atoms with van der Waals surface area (Å²) in [4.78, 5) is 47.3. The predicted octanol–water partition coefficient (Wildman–Crippen LogP) is 5.36. The van der Waals surface area contributed by atoms with Gasteiger partial charge in [0.05, 0.1) is 29.6 Å².